The zero-order valence-electron chi connectivity index (χ0n) is 14.8. The maximum absolute atomic E-state index is 12.3. The lowest BCUT2D eigenvalue weighted by Crippen LogP contribution is -2.33. The molecule has 4 nitrogen and oxygen atoms in total. The van der Waals surface area contributed by atoms with Crippen molar-refractivity contribution >= 4 is 11.6 Å². The summed E-state index contributed by atoms with van der Waals surface area (Å²) in [6, 6.07) is 14.8. The van der Waals surface area contributed by atoms with Crippen molar-refractivity contribution in [3.63, 3.8) is 0 Å². The molecular weight excluding hydrogens is 312 g/mol. The highest BCUT2D eigenvalue weighted by atomic mass is 16.6. The Bertz CT molecular complexity index is 917. The van der Waals surface area contributed by atoms with Crippen molar-refractivity contribution in [1.29, 1.82) is 0 Å². The number of hydrogen-bond donors (Lipinski definition) is 0. The van der Waals surface area contributed by atoms with Gasteiger partial charge in [0.05, 0.1) is 0 Å². The van der Waals surface area contributed by atoms with Gasteiger partial charge in [-0.15, -0.1) is 0 Å². The largest absolute Gasteiger partial charge is 0.444 e. The summed E-state index contributed by atoms with van der Waals surface area (Å²) in [5.74, 6) is 0. The molecule has 2 aromatic heterocycles. The van der Waals surface area contributed by atoms with Crippen LogP contribution in [0, 0.1) is 0 Å². The molecule has 0 unspecified atom stereocenters. The van der Waals surface area contributed by atoms with Crippen LogP contribution in [0.15, 0.2) is 54.9 Å². The van der Waals surface area contributed by atoms with Crippen molar-refractivity contribution in [2.75, 3.05) is 0 Å². The summed E-state index contributed by atoms with van der Waals surface area (Å²) in [6.45, 7) is 6.89. The first-order valence-corrected chi connectivity index (χ1v) is 8.56. The van der Waals surface area contributed by atoms with E-state index in [4.69, 9.17) is 4.74 Å². The molecule has 1 aliphatic heterocycles. The van der Waals surface area contributed by atoms with E-state index in [-0.39, 0.29) is 6.09 Å². The van der Waals surface area contributed by atoms with Gasteiger partial charge in [0.2, 0.25) is 0 Å². The number of amides is 1. The van der Waals surface area contributed by atoms with Crippen LogP contribution < -0.4 is 0 Å². The van der Waals surface area contributed by atoms with Gasteiger partial charge < -0.3 is 9.14 Å². The van der Waals surface area contributed by atoms with Gasteiger partial charge in [-0.1, -0.05) is 18.2 Å². The predicted octanol–water partition coefficient (Wildman–Crippen LogP) is 4.86. The quantitative estimate of drug-likeness (QED) is 0.637. The van der Waals surface area contributed by atoms with Crippen LogP contribution in [0.5, 0.6) is 0 Å². The van der Waals surface area contributed by atoms with Crippen molar-refractivity contribution in [2.45, 2.75) is 39.5 Å². The molecule has 0 N–H and O–H groups in total. The van der Waals surface area contributed by atoms with Crippen molar-refractivity contribution in [3.8, 4) is 11.1 Å². The van der Waals surface area contributed by atoms with Crippen LogP contribution in [0.1, 0.15) is 31.9 Å². The number of nitrogens with zero attached hydrogens (tertiary/aromatic N) is 2. The molecule has 1 amide bonds. The Balaban J connectivity index is 1.58. The van der Waals surface area contributed by atoms with E-state index in [1.54, 1.807) is 4.90 Å². The van der Waals surface area contributed by atoms with E-state index in [9.17, 15) is 4.79 Å². The van der Waals surface area contributed by atoms with Crippen molar-refractivity contribution < 1.29 is 9.53 Å². The maximum atomic E-state index is 12.3. The summed E-state index contributed by atoms with van der Waals surface area (Å²) >= 11 is 0. The standard InChI is InChI=1S/C21H22N2O2/c1-21(2,3)25-20(24)23-12-16-8-7-15(10-17(16)14-23)18-11-19-6-4-5-9-22(19)13-18/h4-11,13H,12,14H2,1-3H3. The molecule has 0 radical (unpaired) electrons. The van der Waals surface area contributed by atoms with E-state index >= 15 is 0 Å². The van der Waals surface area contributed by atoms with Crippen LogP contribution in [0.4, 0.5) is 4.79 Å². The zero-order valence-corrected chi connectivity index (χ0v) is 14.8. The van der Waals surface area contributed by atoms with Crippen molar-refractivity contribution in [3.05, 3.63) is 66.0 Å². The Labute approximate surface area is 147 Å². The smallest absolute Gasteiger partial charge is 0.410 e. The number of benzene rings is 1. The highest BCUT2D eigenvalue weighted by Crippen LogP contribution is 2.30. The maximum Gasteiger partial charge on any atom is 0.410 e. The van der Waals surface area contributed by atoms with Crippen LogP contribution in [-0.2, 0) is 17.8 Å². The van der Waals surface area contributed by atoms with Gasteiger partial charge in [-0.2, -0.15) is 0 Å². The summed E-state index contributed by atoms with van der Waals surface area (Å²) < 4.78 is 7.61. The Morgan fingerprint density at radius 1 is 1.00 bits per heavy atom. The zero-order chi connectivity index (χ0) is 17.6. The van der Waals surface area contributed by atoms with Crippen molar-refractivity contribution in [1.82, 2.24) is 9.30 Å². The molecule has 1 aromatic carbocycles. The molecule has 0 aliphatic carbocycles. The molecule has 3 heterocycles. The van der Waals surface area contributed by atoms with E-state index in [2.05, 4.69) is 47.1 Å². The Kier molecular flexibility index (Phi) is 3.57. The second kappa shape index (κ2) is 5.66. The van der Waals surface area contributed by atoms with Gasteiger partial charge in [-0.25, -0.2) is 4.79 Å². The van der Waals surface area contributed by atoms with E-state index in [1.807, 2.05) is 32.9 Å². The number of aromatic nitrogens is 1. The van der Waals surface area contributed by atoms with Crippen molar-refractivity contribution in [2.24, 2.45) is 0 Å². The summed E-state index contributed by atoms with van der Waals surface area (Å²) in [5, 5.41) is 0. The number of rotatable bonds is 1. The Morgan fingerprint density at radius 2 is 1.80 bits per heavy atom. The molecule has 0 saturated heterocycles. The lowest BCUT2D eigenvalue weighted by Gasteiger charge is -2.24. The van der Waals surface area contributed by atoms with Crippen LogP contribution in [-0.4, -0.2) is 21.0 Å². The lowest BCUT2D eigenvalue weighted by atomic mass is 10.0. The molecule has 0 bridgehead atoms. The van der Waals surface area contributed by atoms with Crippen LogP contribution in [0.3, 0.4) is 0 Å². The van der Waals surface area contributed by atoms with Gasteiger partial charge in [0, 0.05) is 36.6 Å². The van der Waals surface area contributed by atoms with E-state index < -0.39 is 5.60 Å². The Hall–Kier alpha value is -2.75. The monoisotopic (exact) mass is 334 g/mol. The number of carbonyl (C=O) groups is 1. The fourth-order valence-electron chi connectivity index (χ4n) is 3.24. The number of carbonyl (C=O) groups excluding carboxylic acids is 1. The number of ether oxygens (including phenoxy) is 1. The first kappa shape index (κ1) is 15.8. The number of pyridine rings is 1. The van der Waals surface area contributed by atoms with Gasteiger partial charge in [0.15, 0.2) is 0 Å². The molecule has 3 aromatic rings. The highest BCUT2D eigenvalue weighted by Gasteiger charge is 2.27. The Morgan fingerprint density at radius 3 is 2.56 bits per heavy atom. The molecule has 128 valence electrons. The second-order valence-electron chi connectivity index (χ2n) is 7.58. The van der Waals surface area contributed by atoms with Gasteiger partial charge in [0.25, 0.3) is 0 Å². The first-order chi connectivity index (χ1) is 11.9. The van der Waals surface area contributed by atoms with E-state index in [0.29, 0.717) is 13.1 Å². The third-order valence-electron chi connectivity index (χ3n) is 4.42. The third-order valence-corrected chi connectivity index (χ3v) is 4.42. The lowest BCUT2D eigenvalue weighted by molar-refractivity contribution is 0.0242. The fourth-order valence-corrected chi connectivity index (χ4v) is 3.24. The van der Waals surface area contributed by atoms with E-state index in [1.165, 1.54) is 27.8 Å². The minimum atomic E-state index is -0.469. The summed E-state index contributed by atoms with van der Waals surface area (Å²) in [5.41, 5.74) is 5.45. The molecule has 0 spiro atoms. The first-order valence-electron chi connectivity index (χ1n) is 8.56. The second-order valence-corrected chi connectivity index (χ2v) is 7.58. The molecule has 25 heavy (non-hydrogen) atoms. The highest BCUT2D eigenvalue weighted by molar-refractivity contribution is 5.73. The summed E-state index contributed by atoms with van der Waals surface area (Å²) in [7, 11) is 0. The van der Waals surface area contributed by atoms with Gasteiger partial charge in [-0.3, -0.25) is 4.90 Å². The van der Waals surface area contributed by atoms with E-state index in [0.717, 1.165) is 0 Å². The minimum absolute atomic E-state index is 0.250. The van der Waals surface area contributed by atoms with Gasteiger partial charge in [-0.05, 0) is 61.7 Å². The molecule has 0 atom stereocenters. The van der Waals surface area contributed by atoms with Gasteiger partial charge >= 0.3 is 6.09 Å². The normalized spacial score (nSPS) is 14.0. The van der Waals surface area contributed by atoms with Crippen LogP contribution >= 0.6 is 0 Å². The van der Waals surface area contributed by atoms with Crippen LogP contribution in [0.25, 0.3) is 16.6 Å². The SMILES string of the molecule is CC(C)(C)OC(=O)N1Cc2ccc(-c3cc4ccccn4c3)cc2C1. The molecular formula is C21H22N2O2. The molecule has 0 saturated carbocycles. The average Bonchev–Trinajstić information content (AvgIpc) is 3.16. The third kappa shape index (κ3) is 3.12. The topological polar surface area (TPSA) is 34.0 Å². The molecule has 4 rings (SSSR count). The fraction of sp³-hybridized carbons (Fsp3) is 0.286. The molecule has 4 heteroatoms. The number of fused-ring (bicyclic) bond motifs is 2. The number of hydrogen-bond acceptors (Lipinski definition) is 2. The van der Waals surface area contributed by atoms with Gasteiger partial charge in [0.1, 0.15) is 5.60 Å². The average molecular weight is 334 g/mol. The van der Waals surface area contributed by atoms with Crippen LogP contribution in [0.2, 0.25) is 0 Å². The molecule has 0 fully saturated rings. The predicted molar refractivity (Wildman–Crippen MR) is 98.3 cm³/mol. The summed E-state index contributed by atoms with van der Waals surface area (Å²) in [4.78, 5) is 14.1. The molecule has 1 aliphatic rings. The summed E-state index contributed by atoms with van der Waals surface area (Å²) in [6.07, 6.45) is 3.94. The minimum Gasteiger partial charge on any atom is -0.444 e.